The van der Waals surface area contributed by atoms with E-state index in [-0.39, 0.29) is 0 Å². The Morgan fingerprint density at radius 1 is 1.35 bits per heavy atom. The summed E-state index contributed by atoms with van der Waals surface area (Å²) in [5, 5.41) is 3.45. The SMILES string of the molecule is CCCNCc1ccn(CCCCOC)c1C. The Morgan fingerprint density at radius 2 is 2.18 bits per heavy atom. The van der Waals surface area contributed by atoms with Gasteiger partial charge in [-0.25, -0.2) is 0 Å². The van der Waals surface area contributed by atoms with Crippen molar-refractivity contribution in [3.8, 4) is 0 Å². The first-order valence-electron chi connectivity index (χ1n) is 6.63. The fraction of sp³-hybridized carbons (Fsp3) is 0.714. The van der Waals surface area contributed by atoms with E-state index < -0.39 is 0 Å². The Bertz CT molecular complexity index is 307. The van der Waals surface area contributed by atoms with Gasteiger partial charge in [-0.1, -0.05) is 6.92 Å². The van der Waals surface area contributed by atoms with Crippen molar-refractivity contribution >= 4 is 0 Å². The van der Waals surface area contributed by atoms with Crippen LogP contribution in [0.1, 0.15) is 37.4 Å². The van der Waals surface area contributed by atoms with Crippen LogP contribution in [0.25, 0.3) is 0 Å². The Balaban J connectivity index is 2.35. The van der Waals surface area contributed by atoms with Crippen molar-refractivity contribution in [3.63, 3.8) is 0 Å². The second kappa shape index (κ2) is 8.31. The zero-order chi connectivity index (χ0) is 12.5. The molecule has 0 saturated carbocycles. The lowest BCUT2D eigenvalue weighted by molar-refractivity contribution is 0.191. The van der Waals surface area contributed by atoms with Gasteiger partial charge in [-0.2, -0.15) is 0 Å². The number of hydrogen-bond acceptors (Lipinski definition) is 2. The number of aromatic nitrogens is 1. The fourth-order valence-electron chi connectivity index (χ4n) is 1.95. The summed E-state index contributed by atoms with van der Waals surface area (Å²) in [5.74, 6) is 0. The molecule has 0 unspecified atom stereocenters. The van der Waals surface area contributed by atoms with Crippen molar-refractivity contribution in [2.75, 3.05) is 20.3 Å². The molecule has 3 heteroatoms. The fourth-order valence-corrected chi connectivity index (χ4v) is 1.95. The van der Waals surface area contributed by atoms with E-state index in [0.29, 0.717) is 0 Å². The van der Waals surface area contributed by atoms with Crippen LogP contribution in [0.2, 0.25) is 0 Å². The molecule has 3 nitrogen and oxygen atoms in total. The van der Waals surface area contributed by atoms with Crippen LogP contribution in [0.4, 0.5) is 0 Å². The van der Waals surface area contributed by atoms with Crippen LogP contribution in [0.5, 0.6) is 0 Å². The molecule has 1 aromatic heterocycles. The predicted octanol–water partition coefficient (Wildman–Crippen LogP) is 2.72. The quantitative estimate of drug-likeness (QED) is 0.669. The molecule has 1 aromatic rings. The summed E-state index contributed by atoms with van der Waals surface area (Å²) < 4.78 is 7.41. The van der Waals surface area contributed by atoms with Crippen molar-refractivity contribution in [1.82, 2.24) is 9.88 Å². The topological polar surface area (TPSA) is 26.2 Å². The smallest absolute Gasteiger partial charge is 0.0462 e. The van der Waals surface area contributed by atoms with E-state index in [0.717, 1.165) is 32.7 Å². The maximum Gasteiger partial charge on any atom is 0.0462 e. The standard InChI is InChI=1S/C14H26N2O/c1-4-8-15-12-14-7-10-16(13(14)2)9-5-6-11-17-3/h7,10,15H,4-6,8-9,11-12H2,1-3H3. The molecule has 0 fully saturated rings. The molecule has 0 aliphatic heterocycles. The first-order valence-corrected chi connectivity index (χ1v) is 6.63. The first-order chi connectivity index (χ1) is 8.29. The molecule has 98 valence electrons. The van der Waals surface area contributed by atoms with Crippen molar-refractivity contribution in [2.45, 2.75) is 46.2 Å². The summed E-state index contributed by atoms with van der Waals surface area (Å²) in [6.45, 7) is 8.46. The van der Waals surface area contributed by atoms with Gasteiger partial charge < -0.3 is 14.6 Å². The van der Waals surface area contributed by atoms with Gasteiger partial charge in [0.05, 0.1) is 0 Å². The average Bonchev–Trinajstić information content (AvgIpc) is 2.67. The third-order valence-electron chi connectivity index (χ3n) is 3.09. The monoisotopic (exact) mass is 238 g/mol. The van der Waals surface area contributed by atoms with Crippen LogP contribution < -0.4 is 5.32 Å². The molecule has 1 heterocycles. The summed E-state index contributed by atoms with van der Waals surface area (Å²) in [6, 6.07) is 2.23. The number of nitrogens with one attached hydrogen (secondary N) is 1. The largest absolute Gasteiger partial charge is 0.385 e. The number of nitrogens with zero attached hydrogens (tertiary/aromatic N) is 1. The molecule has 0 atom stereocenters. The Morgan fingerprint density at radius 3 is 2.88 bits per heavy atom. The van der Waals surface area contributed by atoms with Gasteiger partial charge >= 0.3 is 0 Å². The molecule has 0 aliphatic rings. The van der Waals surface area contributed by atoms with Crippen molar-refractivity contribution in [1.29, 1.82) is 0 Å². The third-order valence-corrected chi connectivity index (χ3v) is 3.09. The van der Waals surface area contributed by atoms with Crippen LogP contribution in [-0.2, 0) is 17.8 Å². The van der Waals surface area contributed by atoms with Crippen LogP contribution in [0, 0.1) is 6.92 Å². The Hall–Kier alpha value is -0.800. The predicted molar refractivity (Wildman–Crippen MR) is 72.3 cm³/mol. The minimum Gasteiger partial charge on any atom is -0.385 e. The van der Waals surface area contributed by atoms with Gasteiger partial charge in [0.1, 0.15) is 0 Å². The highest BCUT2D eigenvalue weighted by atomic mass is 16.5. The maximum atomic E-state index is 5.06. The zero-order valence-corrected chi connectivity index (χ0v) is 11.5. The average molecular weight is 238 g/mol. The number of unbranched alkanes of at least 4 members (excludes halogenated alkanes) is 1. The number of aryl methyl sites for hydroxylation is 1. The van der Waals surface area contributed by atoms with Crippen molar-refractivity contribution in [2.24, 2.45) is 0 Å². The van der Waals surface area contributed by atoms with E-state index in [1.54, 1.807) is 7.11 Å². The van der Waals surface area contributed by atoms with Gasteiger partial charge in [0.2, 0.25) is 0 Å². The normalized spacial score (nSPS) is 11.0. The van der Waals surface area contributed by atoms with Gasteiger partial charge in [-0.3, -0.25) is 0 Å². The number of ether oxygens (including phenoxy) is 1. The molecular formula is C14H26N2O. The highest BCUT2D eigenvalue weighted by molar-refractivity contribution is 5.20. The van der Waals surface area contributed by atoms with Gasteiger partial charge in [0, 0.05) is 38.7 Å². The van der Waals surface area contributed by atoms with Crippen LogP contribution in [-0.4, -0.2) is 24.8 Å². The molecule has 0 aliphatic carbocycles. The minimum absolute atomic E-state index is 0.866. The second-order valence-electron chi connectivity index (χ2n) is 4.50. The third kappa shape index (κ3) is 4.92. The van der Waals surface area contributed by atoms with Crippen LogP contribution in [0.3, 0.4) is 0 Å². The molecule has 1 rings (SSSR count). The van der Waals surface area contributed by atoms with E-state index >= 15 is 0 Å². The summed E-state index contributed by atoms with van der Waals surface area (Å²) in [6.07, 6.45) is 5.71. The van der Waals surface area contributed by atoms with Gasteiger partial charge in [0.15, 0.2) is 0 Å². The van der Waals surface area contributed by atoms with Crippen LogP contribution in [0.15, 0.2) is 12.3 Å². The van der Waals surface area contributed by atoms with Crippen LogP contribution >= 0.6 is 0 Å². The molecule has 1 N–H and O–H groups in total. The summed E-state index contributed by atoms with van der Waals surface area (Å²) in [4.78, 5) is 0. The Labute approximate surface area is 105 Å². The molecule has 0 spiro atoms. The first kappa shape index (κ1) is 14.3. The van der Waals surface area contributed by atoms with Gasteiger partial charge in [-0.05, 0) is 44.4 Å². The van der Waals surface area contributed by atoms with Crippen molar-refractivity contribution in [3.05, 3.63) is 23.5 Å². The minimum atomic E-state index is 0.866. The lowest BCUT2D eigenvalue weighted by atomic mass is 10.2. The molecule has 0 saturated heterocycles. The van der Waals surface area contributed by atoms with E-state index in [4.69, 9.17) is 4.74 Å². The number of methoxy groups -OCH3 is 1. The maximum absolute atomic E-state index is 5.06. The molecule has 17 heavy (non-hydrogen) atoms. The highest BCUT2D eigenvalue weighted by Gasteiger charge is 2.03. The number of rotatable bonds is 9. The lowest BCUT2D eigenvalue weighted by Gasteiger charge is -2.08. The molecule has 0 aromatic carbocycles. The van der Waals surface area contributed by atoms with Gasteiger partial charge in [-0.15, -0.1) is 0 Å². The molecule has 0 bridgehead atoms. The summed E-state index contributed by atoms with van der Waals surface area (Å²) in [5.41, 5.74) is 2.82. The summed E-state index contributed by atoms with van der Waals surface area (Å²) in [7, 11) is 1.76. The van der Waals surface area contributed by atoms with E-state index in [2.05, 4.69) is 36.0 Å². The second-order valence-corrected chi connectivity index (χ2v) is 4.50. The zero-order valence-electron chi connectivity index (χ0n) is 11.5. The van der Waals surface area contributed by atoms with E-state index in [1.165, 1.54) is 24.1 Å². The Kier molecular flexibility index (Phi) is 6.97. The van der Waals surface area contributed by atoms with E-state index in [1.807, 2.05) is 0 Å². The molecule has 0 amide bonds. The molecule has 0 radical (unpaired) electrons. The highest BCUT2D eigenvalue weighted by Crippen LogP contribution is 2.11. The summed E-state index contributed by atoms with van der Waals surface area (Å²) >= 11 is 0. The van der Waals surface area contributed by atoms with E-state index in [9.17, 15) is 0 Å². The lowest BCUT2D eigenvalue weighted by Crippen LogP contribution is -2.14. The van der Waals surface area contributed by atoms with Crippen molar-refractivity contribution < 1.29 is 4.74 Å². The van der Waals surface area contributed by atoms with Gasteiger partial charge in [0.25, 0.3) is 0 Å². The number of hydrogen-bond donors (Lipinski definition) is 1. The molecular weight excluding hydrogens is 212 g/mol.